The van der Waals surface area contributed by atoms with Crippen molar-refractivity contribution >= 4 is 11.8 Å². The molecule has 1 saturated heterocycles. The Balaban J connectivity index is 1.78. The van der Waals surface area contributed by atoms with E-state index >= 15 is 0 Å². The van der Waals surface area contributed by atoms with Crippen LogP contribution in [0.2, 0.25) is 0 Å². The largest absolute Gasteiger partial charge is 0.312 e. The number of nitrogens with two attached hydrogens (primary N) is 1. The lowest BCUT2D eigenvalue weighted by Crippen LogP contribution is -2.53. The van der Waals surface area contributed by atoms with Crippen LogP contribution in [0.1, 0.15) is 26.7 Å². The molecule has 3 unspecified atom stereocenters. The quantitative estimate of drug-likeness (QED) is 0.724. The van der Waals surface area contributed by atoms with Crippen LogP contribution in [0.15, 0.2) is 0 Å². The molecule has 3 aliphatic rings. The van der Waals surface area contributed by atoms with Gasteiger partial charge in [0.1, 0.15) is 5.54 Å². The minimum absolute atomic E-state index is 0.0644. The number of hydrogen-bond acceptors (Lipinski definition) is 4. The molecule has 0 aromatic carbocycles. The van der Waals surface area contributed by atoms with Crippen molar-refractivity contribution in [2.75, 3.05) is 6.54 Å². The molecule has 2 saturated carbocycles. The van der Waals surface area contributed by atoms with Crippen LogP contribution < -0.4 is 5.73 Å². The molecule has 18 heavy (non-hydrogen) atoms. The molecule has 2 amide bonds. The zero-order chi connectivity index (χ0) is 13.3. The summed E-state index contributed by atoms with van der Waals surface area (Å²) in [5.41, 5.74) is 4.78. The SMILES string of the molecule is CC1(C)C2C(=O)N(CC(N)(C#N)C3CC3)C(=O)C21. The molecule has 0 spiro atoms. The van der Waals surface area contributed by atoms with Crippen LogP contribution in [-0.4, -0.2) is 28.8 Å². The Labute approximate surface area is 106 Å². The summed E-state index contributed by atoms with van der Waals surface area (Å²) in [5, 5.41) is 9.18. The second kappa shape index (κ2) is 3.12. The molecular formula is C13H17N3O2. The van der Waals surface area contributed by atoms with Gasteiger partial charge >= 0.3 is 0 Å². The van der Waals surface area contributed by atoms with Crippen molar-refractivity contribution in [1.82, 2.24) is 4.90 Å². The molecule has 3 rings (SSSR count). The van der Waals surface area contributed by atoms with Gasteiger partial charge in [-0.05, 0) is 24.2 Å². The summed E-state index contributed by atoms with van der Waals surface area (Å²) in [4.78, 5) is 25.5. The third-order valence-electron chi connectivity index (χ3n) is 4.83. The van der Waals surface area contributed by atoms with Gasteiger partial charge in [0.05, 0.1) is 24.4 Å². The summed E-state index contributed by atoms with van der Waals surface area (Å²) in [6.45, 7) is 3.95. The van der Waals surface area contributed by atoms with E-state index in [0.717, 1.165) is 12.8 Å². The third kappa shape index (κ3) is 1.30. The summed E-state index contributed by atoms with van der Waals surface area (Å²) < 4.78 is 0. The fraction of sp³-hybridized carbons (Fsp3) is 0.769. The predicted octanol–water partition coefficient (Wildman–Crippen LogP) is 0.258. The van der Waals surface area contributed by atoms with Crippen molar-refractivity contribution in [3.63, 3.8) is 0 Å². The number of likely N-dealkylation sites (tertiary alicyclic amines) is 1. The molecule has 96 valence electrons. The summed E-state index contributed by atoms with van der Waals surface area (Å²) in [7, 11) is 0. The molecule has 3 atom stereocenters. The average Bonchev–Trinajstić information content (AvgIpc) is 3.18. The van der Waals surface area contributed by atoms with Crippen LogP contribution in [0.5, 0.6) is 0 Å². The van der Waals surface area contributed by atoms with E-state index in [1.165, 1.54) is 4.90 Å². The Bertz CT molecular complexity index is 465. The van der Waals surface area contributed by atoms with Gasteiger partial charge in [-0.1, -0.05) is 13.8 Å². The molecule has 0 aromatic rings. The van der Waals surface area contributed by atoms with Crippen molar-refractivity contribution in [3.8, 4) is 6.07 Å². The molecule has 5 nitrogen and oxygen atoms in total. The van der Waals surface area contributed by atoms with Crippen LogP contribution in [0.3, 0.4) is 0 Å². The lowest BCUT2D eigenvalue weighted by atomic mass is 9.95. The first-order chi connectivity index (χ1) is 8.33. The number of amides is 2. The fourth-order valence-electron chi connectivity index (χ4n) is 3.28. The number of carbonyl (C=O) groups is 2. The van der Waals surface area contributed by atoms with E-state index in [1.807, 2.05) is 13.8 Å². The van der Waals surface area contributed by atoms with E-state index in [0.29, 0.717) is 0 Å². The normalized spacial score (nSPS) is 36.0. The van der Waals surface area contributed by atoms with E-state index < -0.39 is 5.54 Å². The smallest absolute Gasteiger partial charge is 0.233 e. The lowest BCUT2D eigenvalue weighted by Gasteiger charge is -2.28. The zero-order valence-corrected chi connectivity index (χ0v) is 10.6. The van der Waals surface area contributed by atoms with Crippen molar-refractivity contribution in [3.05, 3.63) is 0 Å². The number of piperidine rings is 1. The minimum atomic E-state index is -1.05. The van der Waals surface area contributed by atoms with Gasteiger partial charge in [-0.15, -0.1) is 0 Å². The Morgan fingerprint density at radius 1 is 1.39 bits per heavy atom. The minimum Gasteiger partial charge on any atom is -0.312 e. The maximum Gasteiger partial charge on any atom is 0.233 e. The van der Waals surface area contributed by atoms with Gasteiger partial charge in [-0.3, -0.25) is 14.5 Å². The average molecular weight is 247 g/mol. The second-order valence-corrected chi connectivity index (χ2v) is 6.47. The number of nitrogens with zero attached hydrogens (tertiary/aromatic N) is 2. The summed E-state index contributed by atoms with van der Waals surface area (Å²) in [5.74, 6) is -0.520. The highest BCUT2D eigenvalue weighted by Crippen LogP contribution is 2.63. The summed E-state index contributed by atoms with van der Waals surface area (Å²) in [6, 6.07) is 2.09. The van der Waals surface area contributed by atoms with Gasteiger partial charge < -0.3 is 5.73 Å². The molecule has 5 heteroatoms. The molecular weight excluding hydrogens is 230 g/mol. The third-order valence-corrected chi connectivity index (χ3v) is 4.83. The Morgan fingerprint density at radius 2 is 1.89 bits per heavy atom. The molecule has 2 N–H and O–H groups in total. The molecule has 1 heterocycles. The predicted molar refractivity (Wildman–Crippen MR) is 62.7 cm³/mol. The van der Waals surface area contributed by atoms with Crippen LogP contribution in [-0.2, 0) is 9.59 Å². The first-order valence-electron chi connectivity index (χ1n) is 6.38. The van der Waals surface area contributed by atoms with Gasteiger partial charge in [0.2, 0.25) is 11.8 Å². The number of imide groups is 1. The van der Waals surface area contributed by atoms with Crippen molar-refractivity contribution in [2.45, 2.75) is 32.2 Å². The van der Waals surface area contributed by atoms with Gasteiger partial charge in [0, 0.05) is 0 Å². The number of nitriles is 1. The van der Waals surface area contributed by atoms with Gasteiger partial charge in [-0.25, -0.2) is 0 Å². The topological polar surface area (TPSA) is 87.2 Å². The monoisotopic (exact) mass is 247 g/mol. The lowest BCUT2D eigenvalue weighted by molar-refractivity contribution is -0.143. The number of fused-ring (bicyclic) bond motifs is 1. The van der Waals surface area contributed by atoms with Gasteiger partial charge in [-0.2, -0.15) is 5.26 Å². The Kier molecular flexibility index (Phi) is 2.03. The summed E-state index contributed by atoms with van der Waals surface area (Å²) >= 11 is 0. The van der Waals surface area contributed by atoms with E-state index in [1.54, 1.807) is 0 Å². The van der Waals surface area contributed by atoms with Crippen LogP contribution in [0.4, 0.5) is 0 Å². The number of hydrogen-bond donors (Lipinski definition) is 1. The highest BCUT2D eigenvalue weighted by atomic mass is 16.2. The molecule has 0 radical (unpaired) electrons. The van der Waals surface area contributed by atoms with Crippen LogP contribution >= 0.6 is 0 Å². The molecule has 0 bridgehead atoms. The highest BCUT2D eigenvalue weighted by Gasteiger charge is 2.72. The molecule has 2 aliphatic carbocycles. The maximum atomic E-state index is 12.1. The number of rotatable bonds is 3. The highest BCUT2D eigenvalue weighted by molar-refractivity contribution is 6.10. The Morgan fingerprint density at radius 3 is 2.28 bits per heavy atom. The van der Waals surface area contributed by atoms with E-state index in [2.05, 4.69) is 6.07 Å². The number of carbonyl (C=O) groups excluding carboxylic acids is 2. The van der Waals surface area contributed by atoms with E-state index in [4.69, 9.17) is 5.73 Å². The van der Waals surface area contributed by atoms with E-state index in [9.17, 15) is 14.9 Å². The molecule has 0 aromatic heterocycles. The maximum absolute atomic E-state index is 12.1. The van der Waals surface area contributed by atoms with Crippen molar-refractivity contribution in [2.24, 2.45) is 28.9 Å². The Hall–Kier alpha value is -1.41. The van der Waals surface area contributed by atoms with Crippen molar-refractivity contribution in [1.29, 1.82) is 5.26 Å². The first-order valence-corrected chi connectivity index (χ1v) is 6.38. The first kappa shape index (κ1) is 11.7. The molecule has 1 aliphatic heterocycles. The van der Waals surface area contributed by atoms with Crippen molar-refractivity contribution < 1.29 is 9.59 Å². The second-order valence-electron chi connectivity index (χ2n) is 6.47. The molecule has 3 fully saturated rings. The van der Waals surface area contributed by atoms with Crippen LogP contribution in [0, 0.1) is 34.5 Å². The van der Waals surface area contributed by atoms with Crippen LogP contribution in [0.25, 0.3) is 0 Å². The van der Waals surface area contributed by atoms with Gasteiger partial charge in [0.25, 0.3) is 0 Å². The van der Waals surface area contributed by atoms with E-state index in [-0.39, 0.29) is 41.5 Å². The fourth-order valence-corrected chi connectivity index (χ4v) is 3.28. The standard InChI is InChI=1S/C13H17N3O2/c1-12(2)8-9(12)11(18)16(10(8)17)6-13(15,5-14)7-3-4-7/h7-9H,3-4,6,15H2,1-2H3. The summed E-state index contributed by atoms with van der Waals surface area (Å²) in [6.07, 6.45) is 1.83. The van der Waals surface area contributed by atoms with Gasteiger partial charge in [0.15, 0.2) is 0 Å². The zero-order valence-electron chi connectivity index (χ0n) is 10.6.